The van der Waals surface area contributed by atoms with E-state index in [0.29, 0.717) is 5.75 Å². The van der Waals surface area contributed by atoms with Gasteiger partial charge in [-0.3, -0.25) is 8.32 Å². The number of carbonyl (C=O) groups excluding carboxylic acids is 1. The number of hydrogen-bond donors (Lipinski definition) is 1. The van der Waals surface area contributed by atoms with E-state index in [1.54, 1.807) is 0 Å². The van der Waals surface area contributed by atoms with Crippen LogP contribution in [-0.2, 0) is 4.79 Å². The number of amides is 1. The Hall–Kier alpha value is 0.550. The van der Waals surface area contributed by atoms with Crippen LogP contribution in [0.15, 0.2) is 0 Å². The van der Waals surface area contributed by atoms with Gasteiger partial charge < -0.3 is 0 Å². The lowest BCUT2D eigenvalue weighted by atomic mass is 10.8. The second-order valence-electron chi connectivity index (χ2n) is 0.951. The highest BCUT2D eigenvalue weighted by Gasteiger charge is 1.91. The summed E-state index contributed by atoms with van der Waals surface area (Å²) in [5, 5.41) is 0. The summed E-state index contributed by atoms with van der Waals surface area (Å²) in [5.41, 5.74) is 0. The van der Waals surface area contributed by atoms with E-state index >= 15 is 0 Å². The molecule has 1 N–H and O–H groups in total. The Morgan fingerprint density at radius 2 is 2.57 bits per heavy atom. The molecule has 0 aromatic rings. The molecule has 0 fully saturated rings. The number of nitrogens with one attached hydrogen (secondary N) is 1. The van der Waals surface area contributed by atoms with Gasteiger partial charge in [-0.15, -0.1) is 0 Å². The Balaban J connectivity index is 3.00. The van der Waals surface area contributed by atoms with Crippen molar-refractivity contribution in [3.8, 4) is 0 Å². The molecule has 0 aromatic carbocycles. The number of rotatable bonds is 2. The maximum absolute atomic E-state index is 10.3. The van der Waals surface area contributed by atoms with Gasteiger partial charge in [-0.05, 0) is 6.26 Å². The van der Waals surface area contributed by atoms with Gasteiger partial charge in [-0.1, -0.05) is 0 Å². The van der Waals surface area contributed by atoms with Crippen LogP contribution in [0.4, 0.5) is 0 Å². The average Bonchev–Trinajstić information content (AvgIpc) is 1.68. The molecule has 0 saturated heterocycles. The molecule has 0 saturated carbocycles. The van der Waals surface area contributed by atoms with Crippen molar-refractivity contribution in [2.24, 2.45) is 0 Å². The summed E-state index contributed by atoms with van der Waals surface area (Å²) in [6, 6.07) is 0. The lowest BCUT2D eigenvalue weighted by Gasteiger charge is -1.89. The zero-order valence-electron chi connectivity index (χ0n) is 3.90. The van der Waals surface area contributed by atoms with Gasteiger partial charge in [-0.25, -0.2) is 0 Å². The summed E-state index contributed by atoms with van der Waals surface area (Å²) in [6.07, 6.45) is 1.89. The summed E-state index contributed by atoms with van der Waals surface area (Å²) >= 11 is 3.34. The number of thioether (sulfide) groups is 1. The predicted octanol–water partition coefficient (Wildman–Crippen LogP) is 0.816. The molecular formula is C3H6INOS. The monoisotopic (exact) mass is 231 g/mol. The van der Waals surface area contributed by atoms with Crippen LogP contribution in [-0.4, -0.2) is 17.9 Å². The minimum absolute atomic E-state index is 0.0769. The topological polar surface area (TPSA) is 29.1 Å². The van der Waals surface area contributed by atoms with Gasteiger partial charge in [-0.2, -0.15) is 11.8 Å². The first kappa shape index (κ1) is 7.55. The fourth-order valence-electron chi connectivity index (χ4n) is 0.158. The minimum Gasteiger partial charge on any atom is -0.298 e. The summed E-state index contributed by atoms with van der Waals surface area (Å²) < 4.78 is 2.48. The fourth-order valence-corrected chi connectivity index (χ4v) is 0.942. The normalized spacial score (nSPS) is 8.29. The molecule has 0 unspecified atom stereocenters. The molecule has 0 radical (unpaired) electrons. The molecule has 4 heteroatoms. The Morgan fingerprint density at radius 1 is 2.00 bits per heavy atom. The van der Waals surface area contributed by atoms with Crippen LogP contribution in [0.25, 0.3) is 0 Å². The molecule has 0 atom stereocenters. The van der Waals surface area contributed by atoms with E-state index in [1.807, 2.05) is 29.1 Å². The molecule has 0 aliphatic carbocycles. The van der Waals surface area contributed by atoms with E-state index in [1.165, 1.54) is 11.8 Å². The highest BCUT2D eigenvalue weighted by Crippen LogP contribution is 1.89. The van der Waals surface area contributed by atoms with Crippen LogP contribution < -0.4 is 3.53 Å². The van der Waals surface area contributed by atoms with Crippen molar-refractivity contribution in [3.05, 3.63) is 0 Å². The molecule has 42 valence electrons. The SMILES string of the molecule is CSCC(=O)NI. The van der Waals surface area contributed by atoms with Gasteiger partial charge in [0.15, 0.2) is 0 Å². The van der Waals surface area contributed by atoms with Crippen LogP contribution in [0.3, 0.4) is 0 Å². The van der Waals surface area contributed by atoms with Crippen LogP contribution >= 0.6 is 34.6 Å². The molecule has 0 aliphatic heterocycles. The van der Waals surface area contributed by atoms with E-state index in [-0.39, 0.29) is 5.91 Å². The Kier molecular flexibility index (Phi) is 5.07. The highest BCUT2D eigenvalue weighted by molar-refractivity contribution is 14.1. The third-order valence-corrected chi connectivity index (χ3v) is 1.53. The van der Waals surface area contributed by atoms with E-state index < -0.39 is 0 Å². The third-order valence-electron chi connectivity index (χ3n) is 0.381. The zero-order chi connectivity index (χ0) is 5.70. The van der Waals surface area contributed by atoms with Gasteiger partial charge in [0, 0.05) is 0 Å². The van der Waals surface area contributed by atoms with E-state index in [9.17, 15) is 4.79 Å². The summed E-state index contributed by atoms with van der Waals surface area (Å²) in [7, 11) is 0. The van der Waals surface area contributed by atoms with Crippen molar-refractivity contribution in [2.75, 3.05) is 12.0 Å². The molecule has 2 nitrogen and oxygen atoms in total. The first-order valence-electron chi connectivity index (χ1n) is 1.69. The Bertz CT molecular complexity index is 68.0. The van der Waals surface area contributed by atoms with Gasteiger partial charge >= 0.3 is 0 Å². The maximum Gasteiger partial charge on any atom is 0.238 e. The van der Waals surface area contributed by atoms with Crippen molar-refractivity contribution in [1.82, 2.24) is 3.53 Å². The van der Waals surface area contributed by atoms with Crippen LogP contribution in [0.2, 0.25) is 0 Å². The predicted molar refractivity (Wildman–Crippen MR) is 40.5 cm³/mol. The molecule has 0 rings (SSSR count). The van der Waals surface area contributed by atoms with Gasteiger partial charge in [0.05, 0.1) is 28.6 Å². The van der Waals surface area contributed by atoms with E-state index in [4.69, 9.17) is 0 Å². The number of carbonyl (C=O) groups is 1. The van der Waals surface area contributed by atoms with Crippen molar-refractivity contribution < 1.29 is 4.79 Å². The smallest absolute Gasteiger partial charge is 0.238 e. The molecule has 0 spiro atoms. The molecule has 1 amide bonds. The summed E-state index contributed by atoms with van der Waals surface area (Å²) in [4.78, 5) is 10.3. The largest absolute Gasteiger partial charge is 0.298 e. The number of halogens is 1. The van der Waals surface area contributed by atoms with E-state index in [2.05, 4.69) is 3.53 Å². The Morgan fingerprint density at radius 3 is 2.71 bits per heavy atom. The molecule has 0 heterocycles. The molecule has 0 bridgehead atoms. The molecular weight excluding hydrogens is 225 g/mol. The lowest BCUT2D eigenvalue weighted by molar-refractivity contribution is -0.116. The molecule has 7 heavy (non-hydrogen) atoms. The van der Waals surface area contributed by atoms with Crippen molar-refractivity contribution in [2.45, 2.75) is 0 Å². The summed E-state index contributed by atoms with van der Waals surface area (Å²) in [6.45, 7) is 0. The maximum atomic E-state index is 10.3. The third kappa shape index (κ3) is 4.40. The van der Waals surface area contributed by atoms with E-state index in [0.717, 1.165) is 0 Å². The van der Waals surface area contributed by atoms with Gasteiger partial charge in [0.25, 0.3) is 0 Å². The first-order valence-corrected chi connectivity index (χ1v) is 4.17. The lowest BCUT2D eigenvalue weighted by Crippen LogP contribution is -2.13. The zero-order valence-corrected chi connectivity index (χ0v) is 6.88. The van der Waals surface area contributed by atoms with Gasteiger partial charge in [0.2, 0.25) is 5.91 Å². The second kappa shape index (κ2) is 4.70. The van der Waals surface area contributed by atoms with Crippen LogP contribution in [0.5, 0.6) is 0 Å². The molecule has 0 aromatic heterocycles. The summed E-state index contributed by atoms with van der Waals surface area (Å²) in [5.74, 6) is 0.635. The van der Waals surface area contributed by atoms with Crippen LogP contribution in [0.1, 0.15) is 0 Å². The number of hydrogen-bond acceptors (Lipinski definition) is 2. The average molecular weight is 231 g/mol. The first-order chi connectivity index (χ1) is 3.31. The standard InChI is InChI=1S/C3H6INOS/c1-7-2-3(6)5-4/h2H2,1H3,(H,5,6). The minimum atomic E-state index is 0.0769. The van der Waals surface area contributed by atoms with Crippen molar-refractivity contribution in [1.29, 1.82) is 0 Å². The van der Waals surface area contributed by atoms with Gasteiger partial charge in [0.1, 0.15) is 0 Å². The highest BCUT2D eigenvalue weighted by atomic mass is 127. The second-order valence-corrected chi connectivity index (χ2v) is 2.36. The Labute approximate surface area is 60.9 Å². The van der Waals surface area contributed by atoms with Crippen molar-refractivity contribution >= 4 is 40.5 Å². The quantitative estimate of drug-likeness (QED) is 0.563. The fraction of sp³-hybridized carbons (Fsp3) is 0.667. The van der Waals surface area contributed by atoms with Crippen LogP contribution in [0, 0.1) is 0 Å². The molecule has 0 aliphatic rings. The van der Waals surface area contributed by atoms with Crippen molar-refractivity contribution in [3.63, 3.8) is 0 Å².